The summed E-state index contributed by atoms with van der Waals surface area (Å²) in [6.07, 6.45) is 7.36. The molecular formula is C21H30O9. The Bertz CT molecular complexity index is 755. The highest BCUT2D eigenvalue weighted by atomic mass is 16.5. The van der Waals surface area contributed by atoms with Gasteiger partial charge in [-0.05, 0) is 30.5 Å². The van der Waals surface area contributed by atoms with E-state index in [4.69, 9.17) is 14.6 Å². The smallest absolute Gasteiger partial charge is 0.342 e. The van der Waals surface area contributed by atoms with Crippen LogP contribution in [0.15, 0.2) is 30.4 Å². The average molecular weight is 426 g/mol. The molecule has 30 heavy (non-hydrogen) atoms. The number of benzene rings is 1. The number of ketones is 1. The van der Waals surface area contributed by atoms with E-state index in [2.05, 4.69) is 0 Å². The van der Waals surface area contributed by atoms with Crippen LogP contribution in [0.1, 0.15) is 42.1 Å². The number of aliphatic hydroxyl groups is 2. The van der Waals surface area contributed by atoms with Gasteiger partial charge in [-0.15, -0.1) is 0 Å². The van der Waals surface area contributed by atoms with Crippen LogP contribution in [0, 0.1) is 5.92 Å². The van der Waals surface area contributed by atoms with Crippen LogP contribution in [-0.2, 0) is 9.53 Å². The standard InChI is InChI=1S/C21H26O7.2H2O/c1-14-7-8-16(23)6-4-2-3-5-15-9-18(27-13-17(24)11-22)10-19(25)20(15)21(26)28-12-14;;/h3,5,7-10,14,17,22,24-25H,2,4,6,11-13H2,1H3;2*1H2/b5-3+,8-7-;;/t14-,17?;;/m1../s1. The summed E-state index contributed by atoms with van der Waals surface area (Å²) in [7, 11) is 0. The number of cyclic esters (lactones) is 1. The van der Waals surface area contributed by atoms with Crippen LogP contribution >= 0.6 is 0 Å². The first-order valence-electron chi connectivity index (χ1n) is 9.24. The van der Waals surface area contributed by atoms with Gasteiger partial charge >= 0.3 is 5.97 Å². The molecule has 0 saturated carbocycles. The van der Waals surface area contributed by atoms with Crippen LogP contribution in [0.4, 0.5) is 0 Å². The first-order valence-corrected chi connectivity index (χ1v) is 9.24. The van der Waals surface area contributed by atoms with E-state index in [9.17, 15) is 19.8 Å². The lowest BCUT2D eigenvalue weighted by Crippen LogP contribution is -2.21. The van der Waals surface area contributed by atoms with Crippen molar-refractivity contribution in [3.8, 4) is 11.5 Å². The molecular weight excluding hydrogens is 396 g/mol. The number of carbonyl (C=O) groups excluding carboxylic acids is 2. The summed E-state index contributed by atoms with van der Waals surface area (Å²) < 4.78 is 10.7. The predicted octanol–water partition coefficient (Wildman–Crippen LogP) is 0.590. The zero-order valence-electron chi connectivity index (χ0n) is 16.8. The van der Waals surface area contributed by atoms with Crippen LogP contribution in [-0.4, -0.2) is 63.9 Å². The largest absolute Gasteiger partial charge is 0.507 e. The molecule has 9 nitrogen and oxygen atoms in total. The highest BCUT2D eigenvalue weighted by Gasteiger charge is 2.20. The summed E-state index contributed by atoms with van der Waals surface area (Å²) in [5.74, 6) is -0.845. The monoisotopic (exact) mass is 426 g/mol. The molecule has 2 atom stereocenters. The number of hydrogen-bond donors (Lipinski definition) is 3. The van der Waals surface area contributed by atoms with E-state index in [0.717, 1.165) is 0 Å². The van der Waals surface area contributed by atoms with Gasteiger partial charge in [-0.2, -0.15) is 0 Å². The van der Waals surface area contributed by atoms with Crippen LogP contribution < -0.4 is 4.74 Å². The van der Waals surface area contributed by atoms with Crippen LogP contribution in [0.3, 0.4) is 0 Å². The van der Waals surface area contributed by atoms with Gasteiger partial charge in [0.1, 0.15) is 29.8 Å². The van der Waals surface area contributed by atoms with Crippen molar-refractivity contribution in [2.24, 2.45) is 5.92 Å². The molecule has 0 fully saturated rings. The normalized spacial score (nSPS) is 20.3. The minimum atomic E-state index is -1.05. The first-order chi connectivity index (χ1) is 13.4. The highest BCUT2D eigenvalue weighted by Crippen LogP contribution is 2.30. The number of hydrogen-bond acceptors (Lipinski definition) is 7. The number of ether oxygens (including phenoxy) is 2. The second kappa shape index (κ2) is 13.5. The van der Waals surface area contributed by atoms with Crippen molar-refractivity contribution >= 4 is 17.8 Å². The summed E-state index contributed by atoms with van der Waals surface area (Å²) in [5.41, 5.74) is 0.431. The number of esters is 1. The number of phenols is 1. The maximum Gasteiger partial charge on any atom is 0.342 e. The molecule has 0 spiro atoms. The van der Waals surface area contributed by atoms with E-state index in [1.807, 2.05) is 13.0 Å². The van der Waals surface area contributed by atoms with Gasteiger partial charge in [0.15, 0.2) is 5.78 Å². The van der Waals surface area contributed by atoms with Gasteiger partial charge in [-0.1, -0.05) is 25.2 Å². The van der Waals surface area contributed by atoms with Gasteiger partial charge < -0.3 is 35.7 Å². The zero-order valence-corrected chi connectivity index (χ0v) is 16.8. The van der Waals surface area contributed by atoms with Gasteiger partial charge in [-0.3, -0.25) is 4.79 Å². The van der Waals surface area contributed by atoms with E-state index < -0.39 is 18.7 Å². The molecule has 168 valence electrons. The second-order valence-electron chi connectivity index (χ2n) is 6.75. The Morgan fingerprint density at radius 1 is 1.23 bits per heavy atom. The predicted molar refractivity (Wildman–Crippen MR) is 110 cm³/mol. The van der Waals surface area contributed by atoms with Crippen molar-refractivity contribution in [2.45, 2.75) is 32.3 Å². The molecule has 1 aromatic carbocycles. The molecule has 0 aromatic heterocycles. The van der Waals surface area contributed by atoms with Crippen LogP contribution in [0.2, 0.25) is 0 Å². The zero-order chi connectivity index (χ0) is 20.5. The molecule has 2 rings (SSSR count). The summed E-state index contributed by atoms with van der Waals surface area (Å²) in [4.78, 5) is 24.3. The Morgan fingerprint density at radius 3 is 2.67 bits per heavy atom. The van der Waals surface area contributed by atoms with E-state index in [-0.39, 0.29) is 52.9 Å². The van der Waals surface area contributed by atoms with Crippen molar-refractivity contribution in [1.82, 2.24) is 0 Å². The minimum Gasteiger partial charge on any atom is -0.507 e. The second-order valence-corrected chi connectivity index (χ2v) is 6.75. The van der Waals surface area contributed by atoms with E-state index >= 15 is 0 Å². The number of rotatable bonds is 4. The number of phenolic OH excluding ortho intramolecular Hbond substituents is 1. The lowest BCUT2D eigenvalue weighted by atomic mass is 10.0. The summed E-state index contributed by atoms with van der Waals surface area (Å²) in [6.45, 7) is 1.29. The molecule has 0 aliphatic carbocycles. The van der Waals surface area contributed by atoms with E-state index in [1.165, 1.54) is 12.1 Å². The van der Waals surface area contributed by atoms with Crippen molar-refractivity contribution in [3.63, 3.8) is 0 Å². The molecule has 1 unspecified atom stereocenters. The fourth-order valence-corrected chi connectivity index (χ4v) is 2.60. The van der Waals surface area contributed by atoms with Gasteiger partial charge in [0.05, 0.1) is 13.2 Å². The Balaban J connectivity index is 0.00000420. The van der Waals surface area contributed by atoms with E-state index in [0.29, 0.717) is 24.8 Å². The van der Waals surface area contributed by atoms with Crippen LogP contribution in [0.5, 0.6) is 11.5 Å². The summed E-state index contributed by atoms with van der Waals surface area (Å²) in [6, 6.07) is 2.82. The molecule has 0 amide bonds. The van der Waals surface area contributed by atoms with Crippen molar-refractivity contribution < 1.29 is 45.3 Å². The van der Waals surface area contributed by atoms with Gasteiger partial charge in [0.2, 0.25) is 0 Å². The third kappa shape index (κ3) is 8.34. The topological polar surface area (TPSA) is 176 Å². The van der Waals surface area contributed by atoms with Crippen molar-refractivity contribution in [2.75, 3.05) is 19.8 Å². The average Bonchev–Trinajstić information content (AvgIpc) is 2.67. The maximum absolute atomic E-state index is 12.5. The number of carbonyl (C=O) groups is 2. The number of fused-ring (bicyclic) bond motifs is 1. The lowest BCUT2D eigenvalue weighted by Gasteiger charge is -2.15. The van der Waals surface area contributed by atoms with Crippen molar-refractivity contribution in [3.05, 3.63) is 41.5 Å². The van der Waals surface area contributed by atoms with Gasteiger partial charge in [0.25, 0.3) is 0 Å². The SMILES string of the molecule is C[C@@H]1/C=C\C(=O)CCC/C=C/c2cc(OCC(O)CO)cc(O)c2C(=O)OC1.O.O. The Kier molecular flexibility index (Phi) is 12.3. The fraction of sp³-hybridized carbons (Fsp3) is 0.429. The molecule has 1 heterocycles. The molecule has 0 radical (unpaired) electrons. The molecule has 7 N–H and O–H groups in total. The third-order valence-electron chi connectivity index (χ3n) is 4.16. The summed E-state index contributed by atoms with van der Waals surface area (Å²) in [5, 5.41) is 28.6. The minimum absolute atomic E-state index is 0. The molecule has 1 aliphatic rings. The van der Waals surface area contributed by atoms with Crippen LogP contribution in [0.25, 0.3) is 6.08 Å². The Morgan fingerprint density at radius 2 is 1.97 bits per heavy atom. The highest BCUT2D eigenvalue weighted by molar-refractivity contribution is 5.97. The number of aliphatic hydroxyl groups excluding tert-OH is 2. The first kappa shape index (κ1) is 27.3. The Labute approximate surface area is 174 Å². The lowest BCUT2D eigenvalue weighted by molar-refractivity contribution is -0.114. The molecule has 0 bridgehead atoms. The molecule has 1 aliphatic heterocycles. The van der Waals surface area contributed by atoms with Crippen molar-refractivity contribution in [1.29, 1.82) is 0 Å². The Hall–Kier alpha value is -2.72. The molecule has 9 heteroatoms. The number of allylic oxidation sites excluding steroid dienone is 2. The molecule has 0 saturated heterocycles. The quantitative estimate of drug-likeness (QED) is 0.590. The number of aromatic hydroxyl groups is 1. The molecule has 1 aromatic rings. The maximum atomic E-state index is 12.5. The fourth-order valence-electron chi connectivity index (χ4n) is 2.60. The van der Waals surface area contributed by atoms with E-state index in [1.54, 1.807) is 18.2 Å². The summed E-state index contributed by atoms with van der Waals surface area (Å²) >= 11 is 0. The third-order valence-corrected chi connectivity index (χ3v) is 4.16. The van der Waals surface area contributed by atoms with Gasteiger partial charge in [-0.25, -0.2) is 4.79 Å². The van der Waals surface area contributed by atoms with Gasteiger partial charge in [0, 0.05) is 18.4 Å².